The van der Waals surface area contributed by atoms with Gasteiger partial charge in [0, 0.05) is 56.1 Å². The molecular formula is C26H35ClN6O3. The van der Waals surface area contributed by atoms with Crippen molar-refractivity contribution in [3.8, 4) is 22.8 Å². The maximum atomic E-state index is 6.63. The van der Waals surface area contributed by atoms with Gasteiger partial charge in [0.25, 0.3) is 0 Å². The van der Waals surface area contributed by atoms with Gasteiger partial charge in [-0.2, -0.15) is 0 Å². The van der Waals surface area contributed by atoms with Crippen molar-refractivity contribution in [3.63, 3.8) is 0 Å². The van der Waals surface area contributed by atoms with Gasteiger partial charge in [-0.05, 0) is 51.4 Å². The molecule has 2 fully saturated rings. The number of pyridine rings is 1. The van der Waals surface area contributed by atoms with E-state index in [2.05, 4.69) is 32.5 Å². The Kier molecular flexibility index (Phi) is 9.01. The lowest BCUT2D eigenvalue weighted by Crippen LogP contribution is -2.31. The van der Waals surface area contributed by atoms with Gasteiger partial charge in [-0.15, -0.1) is 0 Å². The summed E-state index contributed by atoms with van der Waals surface area (Å²) in [5.74, 6) is 2.41. The highest BCUT2D eigenvalue weighted by molar-refractivity contribution is 6.34. The second-order valence-corrected chi connectivity index (χ2v) is 9.28. The largest absolute Gasteiger partial charge is 0.497 e. The Balaban J connectivity index is 0.000000543. The van der Waals surface area contributed by atoms with Crippen LogP contribution in [0, 0.1) is 0 Å². The Morgan fingerprint density at radius 3 is 2.53 bits per heavy atom. The minimum Gasteiger partial charge on any atom is -0.497 e. The number of rotatable bonds is 7. The first-order valence-corrected chi connectivity index (χ1v) is 12.7. The summed E-state index contributed by atoms with van der Waals surface area (Å²) < 4.78 is 15.8. The normalized spacial score (nSPS) is 17.5. The molecule has 2 aliphatic heterocycles. The van der Waals surface area contributed by atoms with Crippen molar-refractivity contribution in [1.82, 2.24) is 19.9 Å². The Morgan fingerprint density at radius 2 is 1.92 bits per heavy atom. The summed E-state index contributed by atoms with van der Waals surface area (Å²) in [5.41, 5.74) is 2.17. The molecule has 10 heteroatoms. The van der Waals surface area contributed by atoms with Crippen LogP contribution in [0.25, 0.3) is 22.2 Å². The van der Waals surface area contributed by atoms with E-state index in [1.165, 1.54) is 19.3 Å². The van der Waals surface area contributed by atoms with E-state index in [1.54, 1.807) is 33.5 Å². The van der Waals surface area contributed by atoms with Crippen LogP contribution >= 0.6 is 11.6 Å². The molecule has 2 saturated heterocycles. The molecule has 0 saturated carbocycles. The van der Waals surface area contributed by atoms with Gasteiger partial charge >= 0.3 is 0 Å². The molecule has 4 heterocycles. The fraction of sp³-hybridized carbons (Fsp3) is 0.500. The van der Waals surface area contributed by atoms with Gasteiger partial charge in [0.05, 0.1) is 24.9 Å². The summed E-state index contributed by atoms with van der Waals surface area (Å²) in [5, 5.41) is 7.86. The molecule has 1 atom stereocenters. The van der Waals surface area contributed by atoms with Gasteiger partial charge in [-0.25, -0.2) is 15.0 Å². The van der Waals surface area contributed by atoms with Crippen LogP contribution in [-0.2, 0) is 4.74 Å². The van der Waals surface area contributed by atoms with Crippen LogP contribution in [-0.4, -0.2) is 80.5 Å². The second-order valence-electron chi connectivity index (χ2n) is 8.91. The summed E-state index contributed by atoms with van der Waals surface area (Å²) in [7, 11) is 7.14. The summed E-state index contributed by atoms with van der Waals surface area (Å²) in [6.45, 7) is 3.90. The van der Waals surface area contributed by atoms with E-state index in [9.17, 15) is 0 Å². The first-order valence-electron chi connectivity index (χ1n) is 12.3. The van der Waals surface area contributed by atoms with Gasteiger partial charge in [-0.3, -0.25) is 0 Å². The molecule has 0 aliphatic carbocycles. The minimum absolute atomic E-state index is 0.464. The van der Waals surface area contributed by atoms with E-state index in [1.807, 2.05) is 12.1 Å². The number of ether oxygens (including phenoxy) is 3. The van der Waals surface area contributed by atoms with E-state index in [-0.39, 0.29) is 0 Å². The van der Waals surface area contributed by atoms with Crippen molar-refractivity contribution in [1.29, 1.82) is 0 Å². The molecule has 2 N–H and O–H groups in total. The molecule has 9 nitrogen and oxygen atoms in total. The number of aromatic nitrogens is 3. The van der Waals surface area contributed by atoms with Gasteiger partial charge in [-0.1, -0.05) is 11.6 Å². The van der Waals surface area contributed by atoms with E-state index in [0.29, 0.717) is 40.0 Å². The first kappa shape index (κ1) is 26.2. The minimum atomic E-state index is 0.464. The van der Waals surface area contributed by atoms with Gasteiger partial charge < -0.3 is 29.7 Å². The van der Waals surface area contributed by atoms with Crippen LogP contribution in [0.2, 0.25) is 5.02 Å². The highest BCUT2D eigenvalue weighted by atomic mass is 35.5. The molecule has 0 bridgehead atoms. The molecule has 2 aliphatic rings. The van der Waals surface area contributed by atoms with E-state index in [4.69, 9.17) is 30.8 Å². The number of hydrogen-bond donors (Lipinski definition) is 2. The molecule has 0 amide bonds. The highest BCUT2D eigenvalue weighted by Gasteiger charge is 2.22. The molecule has 2 aromatic heterocycles. The van der Waals surface area contributed by atoms with Gasteiger partial charge in [0.1, 0.15) is 17.0 Å². The predicted octanol–water partition coefficient (Wildman–Crippen LogP) is 4.71. The van der Waals surface area contributed by atoms with Crippen molar-refractivity contribution in [3.05, 3.63) is 29.4 Å². The Hall–Kier alpha value is -2.88. The van der Waals surface area contributed by atoms with Crippen LogP contribution in [0.3, 0.4) is 0 Å². The number of benzene rings is 1. The van der Waals surface area contributed by atoms with E-state index in [0.717, 1.165) is 49.2 Å². The number of fused-ring (bicyclic) bond motifs is 1. The molecule has 0 spiro atoms. The lowest BCUT2D eigenvalue weighted by molar-refractivity contribution is 0.198. The molecule has 1 unspecified atom stereocenters. The Bertz CT molecular complexity index is 1170. The standard InChI is InChI=1S/C22H27ClN6O2.C4H8O/c1-24-22-26-11-13-8-17(16-9-15(30-3)10-18(31-4)19(16)23)27-21(20(13)28-22)25-12-14-6-5-7-29(14)2;1-2-4-5-3-1/h8-11,14H,5-7,12H2,1-4H3,(H,25,27)(H,24,26,28);1-4H2. The summed E-state index contributed by atoms with van der Waals surface area (Å²) >= 11 is 6.63. The van der Waals surface area contributed by atoms with Crippen molar-refractivity contribution in [2.75, 3.05) is 65.3 Å². The Labute approximate surface area is 217 Å². The number of nitrogens with zero attached hydrogens (tertiary/aromatic N) is 4. The SMILES string of the molecule is C1CCOC1.CNc1ncc2cc(-c3cc(OC)cc(OC)c3Cl)nc(NCC3CCCN3C)c2n1. The quantitative estimate of drug-likeness (QED) is 0.465. The lowest BCUT2D eigenvalue weighted by atomic mass is 10.1. The highest BCUT2D eigenvalue weighted by Crippen LogP contribution is 2.40. The molecule has 36 heavy (non-hydrogen) atoms. The third-order valence-corrected chi connectivity index (χ3v) is 6.93. The smallest absolute Gasteiger partial charge is 0.223 e. The van der Waals surface area contributed by atoms with Crippen molar-refractivity contribution in [2.45, 2.75) is 31.7 Å². The molecule has 3 aromatic rings. The number of methoxy groups -OCH3 is 2. The topological polar surface area (TPSA) is 93.7 Å². The molecule has 1 aromatic carbocycles. The number of hydrogen-bond acceptors (Lipinski definition) is 9. The maximum Gasteiger partial charge on any atom is 0.223 e. The van der Waals surface area contributed by atoms with Crippen LogP contribution < -0.4 is 20.1 Å². The lowest BCUT2D eigenvalue weighted by Gasteiger charge is -2.21. The predicted molar refractivity (Wildman–Crippen MR) is 145 cm³/mol. The summed E-state index contributed by atoms with van der Waals surface area (Å²) in [6, 6.07) is 6.01. The molecule has 194 valence electrons. The Morgan fingerprint density at radius 1 is 1.11 bits per heavy atom. The number of halogens is 1. The van der Waals surface area contributed by atoms with Gasteiger partial charge in [0.15, 0.2) is 5.82 Å². The van der Waals surface area contributed by atoms with Crippen LogP contribution in [0.5, 0.6) is 11.5 Å². The fourth-order valence-electron chi connectivity index (χ4n) is 4.41. The zero-order valence-electron chi connectivity index (χ0n) is 21.4. The second kappa shape index (κ2) is 12.4. The average molecular weight is 515 g/mol. The third kappa shape index (κ3) is 6.08. The zero-order valence-corrected chi connectivity index (χ0v) is 22.2. The molecule has 5 rings (SSSR count). The maximum absolute atomic E-state index is 6.63. The van der Waals surface area contributed by atoms with E-state index >= 15 is 0 Å². The van der Waals surface area contributed by atoms with Gasteiger partial charge in [0.2, 0.25) is 5.95 Å². The van der Waals surface area contributed by atoms with Crippen molar-refractivity contribution in [2.24, 2.45) is 0 Å². The van der Waals surface area contributed by atoms with Crippen LogP contribution in [0.15, 0.2) is 24.4 Å². The third-order valence-electron chi connectivity index (χ3n) is 6.54. The number of anilines is 2. The van der Waals surface area contributed by atoms with Crippen LogP contribution in [0.1, 0.15) is 25.7 Å². The fourth-order valence-corrected chi connectivity index (χ4v) is 4.69. The molecule has 0 radical (unpaired) electrons. The average Bonchev–Trinajstić information content (AvgIpc) is 3.62. The number of likely N-dealkylation sites (tertiary alicyclic amines) is 1. The number of likely N-dealkylation sites (N-methyl/N-ethyl adjacent to an activating group) is 1. The summed E-state index contributed by atoms with van der Waals surface area (Å²) in [4.78, 5) is 16.3. The zero-order chi connectivity index (χ0) is 25.5. The monoisotopic (exact) mass is 514 g/mol. The number of nitrogens with one attached hydrogen (secondary N) is 2. The van der Waals surface area contributed by atoms with Crippen molar-refractivity contribution < 1.29 is 14.2 Å². The first-order chi connectivity index (χ1) is 17.5. The van der Waals surface area contributed by atoms with E-state index < -0.39 is 0 Å². The summed E-state index contributed by atoms with van der Waals surface area (Å²) in [6.07, 6.45) is 6.72. The molecular weight excluding hydrogens is 480 g/mol. The van der Waals surface area contributed by atoms with Crippen molar-refractivity contribution >= 4 is 34.3 Å². The van der Waals surface area contributed by atoms with Crippen LogP contribution in [0.4, 0.5) is 11.8 Å².